The maximum Gasteiger partial charge on any atom is 0.272 e. The molecule has 0 aliphatic carbocycles. The minimum atomic E-state index is -2.49. The highest BCUT2D eigenvalue weighted by Crippen LogP contribution is 2.22. The number of halogens is 2. The van der Waals surface area contributed by atoms with Crippen molar-refractivity contribution < 1.29 is 18.3 Å². The molecule has 1 rings (SSSR count). The third kappa shape index (κ3) is 3.71. The number of alkyl halides is 2. The van der Waals surface area contributed by atoms with Gasteiger partial charge in [-0.15, -0.1) is 0 Å². The molecule has 0 aliphatic heterocycles. The Morgan fingerprint density at radius 2 is 1.93 bits per heavy atom. The first-order valence-electron chi connectivity index (χ1n) is 4.44. The average Bonchev–Trinajstić information content (AvgIpc) is 2.25. The topological polar surface area (TPSA) is 44.5 Å². The Hall–Kier alpha value is -1.36. The zero-order valence-electron chi connectivity index (χ0n) is 8.37. The highest BCUT2D eigenvalue weighted by molar-refractivity contribution is 5.38. The van der Waals surface area contributed by atoms with E-state index >= 15 is 0 Å². The Morgan fingerprint density at radius 3 is 2.47 bits per heavy atom. The first kappa shape index (κ1) is 11.7. The van der Waals surface area contributed by atoms with Crippen LogP contribution in [0, 0.1) is 0 Å². The fraction of sp³-hybridized carbons (Fsp3) is 0.400. The van der Waals surface area contributed by atoms with Gasteiger partial charge in [0.05, 0.1) is 7.11 Å². The van der Waals surface area contributed by atoms with Crippen LogP contribution >= 0.6 is 0 Å². The van der Waals surface area contributed by atoms with Gasteiger partial charge in [0.2, 0.25) is 0 Å². The monoisotopic (exact) mass is 217 g/mol. The van der Waals surface area contributed by atoms with Crippen LogP contribution in [0.15, 0.2) is 18.2 Å². The summed E-state index contributed by atoms with van der Waals surface area (Å²) >= 11 is 0. The summed E-state index contributed by atoms with van der Waals surface area (Å²) in [6, 6.07) is 4.89. The van der Waals surface area contributed by atoms with Crippen molar-refractivity contribution in [1.82, 2.24) is 0 Å². The largest absolute Gasteiger partial charge is 0.497 e. The van der Waals surface area contributed by atoms with Crippen LogP contribution in [0.2, 0.25) is 0 Å². The van der Waals surface area contributed by atoms with E-state index in [9.17, 15) is 8.78 Å². The van der Waals surface area contributed by atoms with Crippen molar-refractivity contribution in [3.63, 3.8) is 0 Å². The van der Waals surface area contributed by atoms with Gasteiger partial charge in [0.15, 0.2) is 0 Å². The van der Waals surface area contributed by atoms with Crippen molar-refractivity contribution in [1.29, 1.82) is 0 Å². The molecule has 0 unspecified atom stereocenters. The fourth-order valence-corrected chi connectivity index (χ4v) is 1.11. The van der Waals surface area contributed by atoms with Gasteiger partial charge in [0, 0.05) is 12.6 Å². The quantitative estimate of drug-likeness (QED) is 0.817. The van der Waals surface area contributed by atoms with E-state index in [1.54, 1.807) is 18.2 Å². The lowest BCUT2D eigenvalue weighted by atomic mass is 10.2. The molecule has 0 amide bonds. The second-order valence-electron chi connectivity index (χ2n) is 2.92. The molecule has 15 heavy (non-hydrogen) atoms. The molecule has 0 radical (unpaired) electrons. The molecule has 2 N–H and O–H groups in total. The summed E-state index contributed by atoms with van der Waals surface area (Å²) in [5.74, 6) is 0.886. The number of rotatable bonds is 5. The Bertz CT molecular complexity index is 296. The maximum atomic E-state index is 11.9. The smallest absolute Gasteiger partial charge is 0.272 e. The highest BCUT2D eigenvalue weighted by Gasteiger charge is 2.05. The molecule has 3 nitrogen and oxygen atoms in total. The second kappa shape index (κ2) is 5.50. The summed E-state index contributed by atoms with van der Waals surface area (Å²) < 4.78 is 33.7. The van der Waals surface area contributed by atoms with Crippen LogP contribution in [-0.2, 0) is 6.54 Å². The number of hydrogen-bond acceptors (Lipinski definition) is 3. The van der Waals surface area contributed by atoms with E-state index in [1.807, 2.05) is 0 Å². The van der Waals surface area contributed by atoms with Crippen molar-refractivity contribution in [2.24, 2.45) is 5.73 Å². The summed E-state index contributed by atoms with van der Waals surface area (Å²) in [5.41, 5.74) is 6.22. The Balaban J connectivity index is 2.77. The average molecular weight is 217 g/mol. The lowest BCUT2D eigenvalue weighted by Gasteiger charge is -2.09. The minimum Gasteiger partial charge on any atom is -0.497 e. The Morgan fingerprint density at radius 1 is 1.27 bits per heavy atom. The first-order valence-corrected chi connectivity index (χ1v) is 4.44. The van der Waals surface area contributed by atoms with Gasteiger partial charge in [-0.2, -0.15) is 0 Å². The standard InChI is InChI=1S/C10H13F2NO2/c1-14-8-2-7(5-13)3-9(4-8)15-6-10(11)12/h2-4,10H,5-6,13H2,1H3. The van der Waals surface area contributed by atoms with E-state index in [4.69, 9.17) is 15.2 Å². The van der Waals surface area contributed by atoms with Crippen LogP contribution < -0.4 is 15.2 Å². The molecule has 0 saturated carbocycles. The molecule has 1 aromatic carbocycles. The van der Waals surface area contributed by atoms with Crippen molar-refractivity contribution in [3.8, 4) is 11.5 Å². The predicted octanol–water partition coefficient (Wildman–Crippen LogP) is 1.80. The zero-order chi connectivity index (χ0) is 11.3. The van der Waals surface area contributed by atoms with Gasteiger partial charge in [0.25, 0.3) is 6.43 Å². The molecule has 5 heteroatoms. The number of hydrogen-bond donors (Lipinski definition) is 1. The van der Waals surface area contributed by atoms with E-state index in [2.05, 4.69) is 0 Å². The van der Waals surface area contributed by atoms with Crippen LogP contribution in [0.1, 0.15) is 5.56 Å². The summed E-state index contributed by atoms with van der Waals surface area (Å²) in [6.07, 6.45) is -2.49. The Labute approximate surface area is 86.8 Å². The predicted molar refractivity (Wildman–Crippen MR) is 52.4 cm³/mol. The minimum absolute atomic E-state index is 0.308. The third-order valence-electron chi connectivity index (χ3n) is 1.79. The molecule has 1 aromatic rings. The molecular weight excluding hydrogens is 204 g/mol. The van der Waals surface area contributed by atoms with E-state index in [0.717, 1.165) is 5.56 Å². The van der Waals surface area contributed by atoms with E-state index in [-0.39, 0.29) is 0 Å². The maximum absolute atomic E-state index is 11.9. The molecular formula is C10H13F2NO2. The number of methoxy groups -OCH3 is 1. The van der Waals surface area contributed by atoms with Gasteiger partial charge >= 0.3 is 0 Å². The molecule has 84 valence electrons. The lowest BCUT2D eigenvalue weighted by Crippen LogP contribution is -2.07. The SMILES string of the molecule is COc1cc(CN)cc(OCC(F)F)c1. The zero-order valence-corrected chi connectivity index (χ0v) is 8.37. The van der Waals surface area contributed by atoms with Crippen molar-refractivity contribution >= 4 is 0 Å². The fourth-order valence-electron chi connectivity index (χ4n) is 1.11. The van der Waals surface area contributed by atoms with Gasteiger partial charge < -0.3 is 15.2 Å². The van der Waals surface area contributed by atoms with Crippen LogP contribution in [0.25, 0.3) is 0 Å². The van der Waals surface area contributed by atoms with E-state index in [1.165, 1.54) is 7.11 Å². The van der Waals surface area contributed by atoms with E-state index < -0.39 is 13.0 Å². The molecule has 0 saturated heterocycles. The normalized spacial score (nSPS) is 10.5. The second-order valence-corrected chi connectivity index (χ2v) is 2.92. The number of ether oxygens (including phenoxy) is 2. The van der Waals surface area contributed by atoms with Crippen LogP contribution in [0.5, 0.6) is 11.5 Å². The Kier molecular flexibility index (Phi) is 4.30. The summed E-state index contributed by atoms with van der Waals surface area (Å²) in [5, 5.41) is 0. The van der Waals surface area contributed by atoms with Crippen LogP contribution in [0.4, 0.5) is 8.78 Å². The summed E-state index contributed by atoms with van der Waals surface area (Å²) in [4.78, 5) is 0. The van der Waals surface area contributed by atoms with Crippen LogP contribution in [0.3, 0.4) is 0 Å². The third-order valence-corrected chi connectivity index (χ3v) is 1.79. The van der Waals surface area contributed by atoms with Gasteiger partial charge in [-0.1, -0.05) is 0 Å². The molecule has 0 aliphatic rings. The molecule has 0 aromatic heterocycles. The molecule has 0 fully saturated rings. The molecule has 0 heterocycles. The van der Waals surface area contributed by atoms with Crippen molar-refractivity contribution in [2.45, 2.75) is 13.0 Å². The van der Waals surface area contributed by atoms with Crippen molar-refractivity contribution in [3.05, 3.63) is 23.8 Å². The van der Waals surface area contributed by atoms with Crippen molar-refractivity contribution in [2.75, 3.05) is 13.7 Å². The molecule has 0 atom stereocenters. The van der Waals surface area contributed by atoms with Gasteiger partial charge in [-0.3, -0.25) is 0 Å². The summed E-state index contributed by atoms with van der Waals surface area (Å²) in [6.45, 7) is -0.320. The molecule has 0 spiro atoms. The lowest BCUT2D eigenvalue weighted by molar-refractivity contribution is 0.0817. The van der Waals surface area contributed by atoms with Gasteiger partial charge in [-0.25, -0.2) is 8.78 Å². The van der Waals surface area contributed by atoms with Gasteiger partial charge in [-0.05, 0) is 17.7 Å². The van der Waals surface area contributed by atoms with Gasteiger partial charge in [0.1, 0.15) is 18.1 Å². The first-order chi connectivity index (χ1) is 7.15. The summed E-state index contributed by atoms with van der Waals surface area (Å²) in [7, 11) is 1.49. The number of benzene rings is 1. The van der Waals surface area contributed by atoms with Crippen LogP contribution in [-0.4, -0.2) is 20.1 Å². The highest BCUT2D eigenvalue weighted by atomic mass is 19.3. The van der Waals surface area contributed by atoms with E-state index in [0.29, 0.717) is 18.0 Å². The number of nitrogens with two attached hydrogens (primary N) is 1. The molecule has 0 bridgehead atoms.